The van der Waals surface area contributed by atoms with Gasteiger partial charge in [-0.25, -0.2) is 9.97 Å². The Kier molecular flexibility index (Phi) is 6.44. The average Bonchev–Trinajstić information content (AvgIpc) is 3.27. The van der Waals surface area contributed by atoms with Crippen LogP contribution in [0, 0.1) is 5.92 Å². The maximum atomic E-state index is 10.9. The van der Waals surface area contributed by atoms with Crippen molar-refractivity contribution < 1.29 is 24.1 Å². The molecule has 4 aromatic rings. The SMILES string of the molecule is COc1ccc(-c2ccnc(-c3cc4ccc(OCCC(C)C(=O)O)cc4[nH]3)n2)cc1OC. The van der Waals surface area contributed by atoms with Crippen LogP contribution in [0.1, 0.15) is 13.3 Å². The van der Waals surface area contributed by atoms with E-state index in [2.05, 4.69) is 9.97 Å². The van der Waals surface area contributed by atoms with Gasteiger partial charge in [0.05, 0.1) is 38.1 Å². The number of nitrogens with zero attached hydrogens (tertiary/aromatic N) is 2. The Balaban J connectivity index is 1.56. The molecule has 2 heterocycles. The molecule has 4 rings (SSSR count). The maximum absolute atomic E-state index is 10.9. The second kappa shape index (κ2) is 9.60. The van der Waals surface area contributed by atoms with Crippen LogP contribution in [0.4, 0.5) is 0 Å². The smallest absolute Gasteiger partial charge is 0.306 e. The molecule has 1 unspecified atom stereocenters. The largest absolute Gasteiger partial charge is 0.493 e. The summed E-state index contributed by atoms with van der Waals surface area (Å²) in [6, 6.07) is 15.2. The fourth-order valence-electron chi connectivity index (χ4n) is 3.44. The zero-order chi connectivity index (χ0) is 23.4. The van der Waals surface area contributed by atoms with Crippen molar-refractivity contribution in [2.45, 2.75) is 13.3 Å². The van der Waals surface area contributed by atoms with Crippen LogP contribution in [-0.2, 0) is 4.79 Å². The molecule has 0 radical (unpaired) electrons. The van der Waals surface area contributed by atoms with E-state index in [1.165, 1.54) is 0 Å². The number of H-pyrrole nitrogens is 1. The summed E-state index contributed by atoms with van der Waals surface area (Å²) in [4.78, 5) is 23.4. The third kappa shape index (κ3) is 4.90. The summed E-state index contributed by atoms with van der Waals surface area (Å²) in [5.41, 5.74) is 3.31. The lowest BCUT2D eigenvalue weighted by molar-refractivity contribution is -0.141. The number of hydrogen-bond donors (Lipinski definition) is 2. The van der Waals surface area contributed by atoms with Gasteiger partial charge in [-0.15, -0.1) is 0 Å². The summed E-state index contributed by atoms with van der Waals surface area (Å²) < 4.78 is 16.4. The van der Waals surface area contributed by atoms with Crippen LogP contribution in [0.3, 0.4) is 0 Å². The third-order valence-corrected chi connectivity index (χ3v) is 5.41. The summed E-state index contributed by atoms with van der Waals surface area (Å²) in [6.07, 6.45) is 2.16. The van der Waals surface area contributed by atoms with E-state index in [0.717, 1.165) is 27.9 Å². The standard InChI is InChI=1S/C25H25N3O5/c1-15(25(29)30)9-11-33-18-6-4-16-12-21(27-20(16)14-18)24-26-10-8-19(28-24)17-5-7-22(31-2)23(13-17)32-3/h4-8,10,12-15,27H,9,11H2,1-3H3,(H,29,30). The second-order valence-electron chi connectivity index (χ2n) is 7.64. The van der Waals surface area contributed by atoms with Gasteiger partial charge >= 0.3 is 5.97 Å². The third-order valence-electron chi connectivity index (χ3n) is 5.41. The molecule has 170 valence electrons. The highest BCUT2D eigenvalue weighted by molar-refractivity contribution is 5.86. The highest BCUT2D eigenvalue weighted by atomic mass is 16.5. The molecule has 1 atom stereocenters. The summed E-state index contributed by atoms with van der Waals surface area (Å²) in [5, 5.41) is 9.99. The second-order valence-corrected chi connectivity index (χ2v) is 7.64. The molecule has 2 N–H and O–H groups in total. The highest BCUT2D eigenvalue weighted by Crippen LogP contribution is 2.32. The van der Waals surface area contributed by atoms with Gasteiger partial charge in [0.25, 0.3) is 0 Å². The Labute approximate surface area is 191 Å². The number of carbonyl (C=O) groups is 1. The highest BCUT2D eigenvalue weighted by Gasteiger charge is 2.13. The molecule has 0 aliphatic carbocycles. The number of nitrogens with one attached hydrogen (secondary N) is 1. The number of aliphatic carboxylic acids is 1. The minimum absolute atomic E-state index is 0.336. The topological polar surface area (TPSA) is 107 Å². The Morgan fingerprint density at radius 1 is 1.06 bits per heavy atom. The fourth-order valence-corrected chi connectivity index (χ4v) is 3.44. The van der Waals surface area contributed by atoms with Crippen LogP contribution < -0.4 is 14.2 Å². The Morgan fingerprint density at radius 3 is 2.64 bits per heavy atom. The van der Waals surface area contributed by atoms with Crippen molar-refractivity contribution in [2.24, 2.45) is 5.92 Å². The average molecular weight is 447 g/mol. The zero-order valence-electron chi connectivity index (χ0n) is 18.7. The van der Waals surface area contributed by atoms with Gasteiger partial charge in [0, 0.05) is 28.7 Å². The van der Waals surface area contributed by atoms with Crippen LogP contribution in [0.15, 0.2) is 54.7 Å². The van der Waals surface area contributed by atoms with E-state index in [4.69, 9.17) is 24.3 Å². The summed E-state index contributed by atoms with van der Waals surface area (Å²) in [6.45, 7) is 2.01. The first-order chi connectivity index (χ1) is 16.0. The summed E-state index contributed by atoms with van der Waals surface area (Å²) in [7, 11) is 3.20. The minimum atomic E-state index is -0.821. The number of rotatable bonds is 9. The first kappa shape index (κ1) is 22.1. The van der Waals surface area contributed by atoms with E-state index in [1.807, 2.05) is 48.5 Å². The Hall–Kier alpha value is -4.07. The minimum Gasteiger partial charge on any atom is -0.493 e. The molecule has 0 bridgehead atoms. The number of benzene rings is 2. The number of methoxy groups -OCH3 is 2. The molecule has 8 nitrogen and oxygen atoms in total. The number of carboxylic acids is 1. The van der Waals surface area contributed by atoms with Crippen molar-refractivity contribution in [3.8, 4) is 40.0 Å². The van der Waals surface area contributed by atoms with Crippen molar-refractivity contribution in [3.05, 3.63) is 54.7 Å². The molecule has 0 amide bonds. The van der Waals surface area contributed by atoms with E-state index < -0.39 is 11.9 Å². The molecule has 0 spiro atoms. The lowest BCUT2D eigenvalue weighted by Gasteiger charge is -2.09. The van der Waals surface area contributed by atoms with E-state index in [-0.39, 0.29) is 0 Å². The predicted molar refractivity (Wildman–Crippen MR) is 125 cm³/mol. The van der Waals surface area contributed by atoms with Gasteiger partial charge < -0.3 is 24.3 Å². The lowest BCUT2D eigenvalue weighted by Crippen LogP contribution is -2.13. The van der Waals surface area contributed by atoms with E-state index in [0.29, 0.717) is 36.1 Å². The Bertz CT molecular complexity index is 1280. The number of ether oxygens (including phenoxy) is 3. The van der Waals surface area contributed by atoms with Crippen LogP contribution in [0.5, 0.6) is 17.2 Å². The number of carboxylic acid groups (broad SMARTS) is 1. The first-order valence-corrected chi connectivity index (χ1v) is 10.5. The molecule has 0 aliphatic rings. The summed E-state index contributed by atoms with van der Waals surface area (Å²) >= 11 is 0. The maximum Gasteiger partial charge on any atom is 0.306 e. The van der Waals surface area contributed by atoms with Gasteiger partial charge in [-0.2, -0.15) is 0 Å². The van der Waals surface area contributed by atoms with Gasteiger partial charge in [-0.1, -0.05) is 6.92 Å². The number of aromatic amines is 1. The molecule has 0 aliphatic heterocycles. The predicted octanol–water partition coefficient (Wildman–Crippen LogP) is 4.80. The Morgan fingerprint density at radius 2 is 1.88 bits per heavy atom. The molecule has 2 aromatic heterocycles. The quantitative estimate of drug-likeness (QED) is 0.380. The fraction of sp³-hybridized carbons (Fsp3) is 0.240. The van der Waals surface area contributed by atoms with Crippen molar-refractivity contribution in [3.63, 3.8) is 0 Å². The van der Waals surface area contributed by atoms with E-state index in [9.17, 15) is 4.79 Å². The number of aromatic nitrogens is 3. The summed E-state index contributed by atoms with van der Waals surface area (Å²) in [5.74, 6) is 1.26. The van der Waals surface area contributed by atoms with Gasteiger partial charge in [0.1, 0.15) is 5.75 Å². The van der Waals surface area contributed by atoms with Crippen LogP contribution in [-0.4, -0.2) is 46.9 Å². The van der Waals surface area contributed by atoms with Gasteiger partial charge in [0.15, 0.2) is 17.3 Å². The van der Waals surface area contributed by atoms with E-state index >= 15 is 0 Å². The van der Waals surface area contributed by atoms with Crippen molar-refractivity contribution in [1.82, 2.24) is 15.0 Å². The van der Waals surface area contributed by atoms with Crippen molar-refractivity contribution in [1.29, 1.82) is 0 Å². The molecule has 0 saturated heterocycles. The van der Waals surface area contributed by atoms with Crippen LogP contribution in [0.25, 0.3) is 33.7 Å². The number of hydrogen-bond acceptors (Lipinski definition) is 6. The van der Waals surface area contributed by atoms with E-state index in [1.54, 1.807) is 27.3 Å². The normalized spacial score (nSPS) is 11.8. The molecule has 0 saturated carbocycles. The van der Waals surface area contributed by atoms with Crippen LogP contribution in [0.2, 0.25) is 0 Å². The van der Waals surface area contributed by atoms with Crippen molar-refractivity contribution >= 4 is 16.9 Å². The molecule has 2 aromatic carbocycles. The number of fused-ring (bicyclic) bond motifs is 1. The molecular weight excluding hydrogens is 422 g/mol. The lowest BCUT2D eigenvalue weighted by atomic mass is 10.1. The van der Waals surface area contributed by atoms with Crippen molar-refractivity contribution in [2.75, 3.05) is 20.8 Å². The molecular formula is C25H25N3O5. The molecule has 0 fully saturated rings. The molecule has 8 heteroatoms. The van der Waals surface area contributed by atoms with Gasteiger partial charge in [0.2, 0.25) is 0 Å². The van der Waals surface area contributed by atoms with Gasteiger partial charge in [-0.3, -0.25) is 4.79 Å². The van der Waals surface area contributed by atoms with Gasteiger partial charge in [-0.05, 0) is 48.9 Å². The first-order valence-electron chi connectivity index (χ1n) is 10.5. The zero-order valence-corrected chi connectivity index (χ0v) is 18.7. The van der Waals surface area contributed by atoms with Crippen LogP contribution >= 0.6 is 0 Å². The molecule has 33 heavy (non-hydrogen) atoms. The monoisotopic (exact) mass is 447 g/mol.